The quantitative estimate of drug-likeness (QED) is 0.769. The predicted octanol–water partition coefficient (Wildman–Crippen LogP) is 3.52. The van der Waals surface area contributed by atoms with Gasteiger partial charge in [-0.3, -0.25) is 4.98 Å². The van der Waals surface area contributed by atoms with Crippen molar-refractivity contribution in [1.82, 2.24) is 4.98 Å². The molecule has 2 aromatic carbocycles. The van der Waals surface area contributed by atoms with Gasteiger partial charge in [0, 0.05) is 29.0 Å². The molecule has 0 radical (unpaired) electrons. The van der Waals surface area contributed by atoms with Crippen molar-refractivity contribution in [2.75, 3.05) is 11.9 Å². The maximum Gasteiger partial charge on any atom is 0.125 e. The summed E-state index contributed by atoms with van der Waals surface area (Å²) in [6.07, 6.45) is 3.52. The second kappa shape index (κ2) is 5.89. The third-order valence-corrected chi connectivity index (χ3v) is 3.42. The molecule has 3 rings (SSSR count). The number of nitrogens with zero attached hydrogens (tertiary/aromatic N) is 1. The van der Waals surface area contributed by atoms with Crippen molar-refractivity contribution in [3.63, 3.8) is 0 Å². The summed E-state index contributed by atoms with van der Waals surface area (Å²) < 4.78 is 13.3. The van der Waals surface area contributed by atoms with E-state index in [1.165, 1.54) is 12.1 Å². The van der Waals surface area contributed by atoms with E-state index in [1.54, 1.807) is 24.5 Å². The Bertz CT molecular complexity index is 755. The summed E-state index contributed by atoms with van der Waals surface area (Å²) in [5.41, 5.74) is 1.52. The molecule has 3 aromatic rings. The maximum absolute atomic E-state index is 13.3. The third kappa shape index (κ3) is 2.85. The molecule has 0 fully saturated rings. The summed E-state index contributed by atoms with van der Waals surface area (Å²) in [7, 11) is 0. The molecule has 3 nitrogen and oxygen atoms in total. The highest BCUT2D eigenvalue weighted by Gasteiger charge is 2.14. The van der Waals surface area contributed by atoms with Crippen LogP contribution in [0.5, 0.6) is 0 Å². The Morgan fingerprint density at radius 1 is 1.10 bits per heavy atom. The van der Waals surface area contributed by atoms with Crippen molar-refractivity contribution in [3.05, 3.63) is 72.3 Å². The number of aliphatic hydroxyl groups is 1. The topological polar surface area (TPSA) is 45.1 Å². The SMILES string of the molecule is OCC(Nc1cccc(F)c1)c1cncc2ccccc12. The molecule has 1 unspecified atom stereocenters. The molecular weight excluding hydrogens is 267 g/mol. The lowest BCUT2D eigenvalue weighted by Crippen LogP contribution is -2.15. The molecule has 2 N–H and O–H groups in total. The van der Waals surface area contributed by atoms with Crippen molar-refractivity contribution in [1.29, 1.82) is 0 Å². The van der Waals surface area contributed by atoms with Crippen molar-refractivity contribution in [2.24, 2.45) is 0 Å². The van der Waals surface area contributed by atoms with Gasteiger partial charge in [-0.2, -0.15) is 0 Å². The molecule has 1 aromatic heterocycles. The van der Waals surface area contributed by atoms with Crippen LogP contribution < -0.4 is 5.32 Å². The molecule has 0 bridgehead atoms. The minimum absolute atomic E-state index is 0.105. The fourth-order valence-electron chi connectivity index (χ4n) is 2.42. The number of aromatic nitrogens is 1. The van der Waals surface area contributed by atoms with Crippen LogP contribution in [0.25, 0.3) is 10.8 Å². The van der Waals surface area contributed by atoms with Crippen molar-refractivity contribution in [2.45, 2.75) is 6.04 Å². The Labute approximate surface area is 122 Å². The molecule has 4 heteroatoms. The lowest BCUT2D eigenvalue weighted by molar-refractivity contribution is 0.276. The Kier molecular flexibility index (Phi) is 3.79. The van der Waals surface area contributed by atoms with E-state index in [0.29, 0.717) is 5.69 Å². The normalized spacial score (nSPS) is 12.3. The lowest BCUT2D eigenvalue weighted by atomic mass is 10.0. The lowest BCUT2D eigenvalue weighted by Gasteiger charge is -2.19. The summed E-state index contributed by atoms with van der Waals surface area (Å²) in [5.74, 6) is -0.312. The number of pyridine rings is 1. The second-order valence-corrected chi connectivity index (χ2v) is 4.84. The highest BCUT2D eigenvalue weighted by atomic mass is 19.1. The van der Waals surface area contributed by atoms with Crippen LogP contribution in [0.2, 0.25) is 0 Å². The number of aliphatic hydroxyl groups excluding tert-OH is 1. The standard InChI is InChI=1S/C17H15FN2O/c18-13-5-3-6-14(8-13)20-17(11-21)16-10-19-9-12-4-1-2-7-15(12)16/h1-10,17,20-21H,11H2. The first kappa shape index (κ1) is 13.5. The average molecular weight is 282 g/mol. The summed E-state index contributed by atoms with van der Waals surface area (Å²) in [6, 6.07) is 13.7. The van der Waals surface area contributed by atoms with Gasteiger partial charge in [-0.05, 0) is 23.6 Å². The molecule has 106 valence electrons. The van der Waals surface area contributed by atoms with Crippen molar-refractivity contribution in [3.8, 4) is 0 Å². The number of nitrogens with one attached hydrogen (secondary N) is 1. The monoisotopic (exact) mass is 282 g/mol. The zero-order chi connectivity index (χ0) is 14.7. The van der Waals surface area contributed by atoms with Gasteiger partial charge >= 0.3 is 0 Å². The predicted molar refractivity (Wildman–Crippen MR) is 81.6 cm³/mol. The van der Waals surface area contributed by atoms with Gasteiger partial charge < -0.3 is 10.4 Å². The van der Waals surface area contributed by atoms with Crippen LogP contribution >= 0.6 is 0 Å². The van der Waals surface area contributed by atoms with Gasteiger partial charge in [-0.15, -0.1) is 0 Å². The second-order valence-electron chi connectivity index (χ2n) is 4.84. The molecule has 0 aliphatic rings. The van der Waals surface area contributed by atoms with E-state index in [-0.39, 0.29) is 18.5 Å². The minimum atomic E-state index is -0.342. The first-order valence-electron chi connectivity index (χ1n) is 6.73. The van der Waals surface area contributed by atoms with Crippen LogP contribution in [0.4, 0.5) is 10.1 Å². The highest BCUT2D eigenvalue weighted by Crippen LogP contribution is 2.26. The maximum atomic E-state index is 13.3. The smallest absolute Gasteiger partial charge is 0.125 e. The molecule has 0 aliphatic heterocycles. The minimum Gasteiger partial charge on any atom is -0.394 e. The van der Waals surface area contributed by atoms with Crippen LogP contribution in [0.15, 0.2) is 60.9 Å². The van der Waals surface area contributed by atoms with Crippen molar-refractivity contribution >= 4 is 16.5 Å². The van der Waals surface area contributed by atoms with Gasteiger partial charge in [0.2, 0.25) is 0 Å². The number of hydrogen-bond acceptors (Lipinski definition) is 3. The van der Waals surface area contributed by atoms with E-state index in [4.69, 9.17) is 0 Å². The molecule has 0 spiro atoms. The highest BCUT2D eigenvalue weighted by molar-refractivity contribution is 5.85. The zero-order valence-corrected chi connectivity index (χ0v) is 11.3. The molecular formula is C17H15FN2O. The Hall–Kier alpha value is -2.46. The molecule has 21 heavy (non-hydrogen) atoms. The van der Waals surface area contributed by atoms with Gasteiger partial charge in [0.25, 0.3) is 0 Å². The first-order chi connectivity index (χ1) is 10.3. The van der Waals surface area contributed by atoms with Crippen LogP contribution in [0.3, 0.4) is 0 Å². The van der Waals surface area contributed by atoms with Crippen LogP contribution in [-0.2, 0) is 0 Å². The number of benzene rings is 2. The zero-order valence-electron chi connectivity index (χ0n) is 11.3. The fourth-order valence-corrected chi connectivity index (χ4v) is 2.42. The summed E-state index contributed by atoms with van der Waals surface area (Å²) in [6.45, 7) is -0.105. The van der Waals surface area contributed by atoms with Crippen molar-refractivity contribution < 1.29 is 9.50 Å². The Balaban J connectivity index is 1.98. The molecule has 0 saturated carbocycles. The summed E-state index contributed by atoms with van der Waals surface area (Å²) >= 11 is 0. The largest absolute Gasteiger partial charge is 0.394 e. The van der Waals surface area contributed by atoms with E-state index < -0.39 is 0 Å². The Morgan fingerprint density at radius 3 is 2.76 bits per heavy atom. The number of hydrogen-bond donors (Lipinski definition) is 2. The summed E-state index contributed by atoms with van der Waals surface area (Å²) in [4.78, 5) is 4.22. The Morgan fingerprint density at radius 2 is 1.95 bits per heavy atom. The van der Waals surface area contributed by atoms with E-state index in [2.05, 4.69) is 10.3 Å². The van der Waals surface area contributed by atoms with Gasteiger partial charge in [0.1, 0.15) is 5.82 Å². The van der Waals surface area contributed by atoms with Crippen LogP contribution in [-0.4, -0.2) is 16.7 Å². The molecule has 1 heterocycles. The number of anilines is 1. The molecule has 1 atom stereocenters. The van der Waals surface area contributed by atoms with Gasteiger partial charge in [-0.1, -0.05) is 30.3 Å². The third-order valence-electron chi connectivity index (χ3n) is 3.42. The molecule has 0 saturated heterocycles. The molecule has 0 amide bonds. The van der Waals surface area contributed by atoms with Crippen LogP contribution in [0, 0.1) is 5.82 Å². The van der Waals surface area contributed by atoms with Gasteiger partial charge in [0.05, 0.1) is 12.6 Å². The van der Waals surface area contributed by atoms with E-state index >= 15 is 0 Å². The van der Waals surface area contributed by atoms with E-state index in [9.17, 15) is 9.50 Å². The van der Waals surface area contributed by atoms with E-state index in [1.807, 2.05) is 24.3 Å². The fraction of sp³-hybridized carbons (Fsp3) is 0.118. The number of halogens is 1. The number of fused-ring (bicyclic) bond motifs is 1. The van der Waals surface area contributed by atoms with Gasteiger partial charge in [0.15, 0.2) is 0 Å². The van der Waals surface area contributed by atoms with Gasteiger partial charge in [-0.25, -0.2) is 4.39 Å². The summed E-state index contributed by atoms with van der Waals surface area (Å²) in [5, 5.41) is 14.9. The number of rotatable bonds is 4. The van der Waals surface area contributed by atoms with E-state index in [0.717, 1.165) is 16.3 Å². The van der Waals surface area contributed by atoms with Crippen LogP contribution in [0.1, 0.15) is 11.6 Å². The average Bonchev–Trinajstić information content (AvgIpc) is 2.52. The first-order valence-corrected chi connectivity index (χ1v) is 6.73. The molecule has 0 aliphatic carbocycles.